The summed E-state index contributed by atoms with van der Waals surface area (Å²) in [5.41, 5.74) is 0. The summed E-state index contributed by atoms with van der Waals surface area (Å²) in [6.45, 7) is 2.26. The molecule has 6 nitrogen and oxygen atoms in total. The molecule has 0 saturated carbocycles. The van der Waals surface area contributed by atoms with Crippen molar-refractivity contribution in [1.82, 2.24) is 8.61 Å². The number of hydrogen-bond donors (Lipinski definition) is 1. The molecule has 0 aromatic rings. The third-order valence-corrected chi connectivity index (χ3v) is 6.23. The first kappa shape index (κ1) is 15.7. The fourth-order valence-electron chi connectivity index (χ4n) is 3.01. The van der Waals surface area contributed by atoms with Gasteiger partial charge in [0.25, 0.3) is 10.2 Å². The predicted molar refractivity (Wildman–Crippen MR) is 75.5 cm³/mol. The summed E-state index contributed by atoms with van der Waals surface area (Å²) < 4.78 is 28.3. The van der Waals surface area contributed by atoms with Crippen molar-refractivity contribution in [2.45, 2.75) is 44.9 Å². The van der Waals surface area contributed by atoms with Gasteiger partial charge in [-0.2, -0.15) is 17.0 Å². The molecule has 1 unspecified atom stereocenters. The lowest BCUT2D eigenvalue weighted by Crippen LogP contribution is -2.43. The Labute approximate surface area is 120 Å². The molecule has 2 aliphatic heterocycles. The van der Waals surface area contributed by atoms with Gasteiger partial charge in [-0.1, -0.05) is 12.8 Å². The van der Waals surface area contributed by atoms with Gasteiger partial charge in [0.2, 0.25) is 0 Å². The van der Waals surface area contributed by atoms with Gasteiger partial charge in [0.05, 0.1) is 0 Å². The molecular formula is C13H24N2O4S. The largest absolute Gasteiger partial charge is 0.481 e. The fraction of sp³-hybridized carbons (Fsp3) is 0.923. The predicted octanol–water partition coefficient (Wildman–Crippen LogP) is 1.29. The normalized spacial score (nSPS) is 26.5. The van der Waals surface area contributed by atoms with Crippen molar-refractivity contribution < 1.29 is 18.3 Å². The molecular weight excluding hydrogens is 280 g/mol. The van der Waals surface area contributed by atoms with E-state index in [2.05, 4.69) is 0 Å². The zero-order valence-electron chi connectivity index (χ0n) is 11.8. The minimum absolute atomic E-state index is 0.127. The van der Waals surface area contributed by atoms with E-state index in [1.165, 1.54) is 0 Å². The average molecular weight is 304 g/mol. The molecule has 116 valence electrons. The van der Waals surface area contributed by atoms with E-state index >= 15 is 0 Å². The summed E-state index contributed by atoms with van der Waals surface area (Å²) in [7, 11) is -3.34. The van der Waals surface area contributed by atoms with Crippen LogP contribution >= 0.6 is 0 Å². The average Bonchev–Trinajstić information content (AvgIpc) is 2.70. The van der Waals surface area contributed by atoms with Crippen LogP contribution in [-0.2, 0) is 15.0 Å². The van der Waals surface area contributed by atoms with Gasteiger partial charge in [0.1, 0.15) is 0 Å². The molecule has 2 rings (SSSR count). The maximum absolute atomic E-state index is 12.6. The molecule has 2 saturated heterocycles. The molecule has 0 aromatic heterocycles. The van der Waals surface area contributed by atoms with Crippen LogP contribution in [-0.4, -0.2) is 54.3 Å². The van der Waals surface area contributed by atoms with E-state index in [9.17, 15) is 13.2 Å². The topological polar surface area (TPSA) is 77.9 Å². The van der Waals surface area contributed by atoms with Crippen molar-refractivity contribution in [3.8, 4) is 0 Å². The number of aliphatic carboxylic acids is 1. The van der Waals surface area contributed by atoms with Crippen LogP contribution in [0, 0.1) is 5.92 Å². The van der Waals surface area contributed by atoms with Gasteiger partial charge in [0.15, 0.2) is 0 Å². The second-order valence-electron chi connectivity index (χ2n) is 5.77. The molecule has 1 N–H and O–H groups in total. The van der Waals surface area contributed by atoms with Gasteiger partial charge < -0.3 is 5.11 Å². The molecule has 2 aliphatic rings. The highest BCUT2D eigenvalue weighted by Crippen LogP contribution is 2.26. The molecule has 1 atom stereocenters. The quantitative estimate of drug-likeness (QED) is 0.830. The first-order chi connectivity index (χ1) is 9.50. The number of carboxylic acids is 1. The zero-order chi connectivity index (χ0) is 14.6. The molecule has 2 fully saturated rings. The number of carboxylic acid groups (broad SMARTS) is 1. The Balaban J connectivity index is 1.91. The molecule has 0 bridgehead atoms. The molecule has 0 spiro atoms. The molecule has 0 aliphatic carbocycles. The van der Waals surface area contributed by atoms with Crippen LogP contribution in [0.3, 0.4) is 0 Å². The second kappa shape index (κ2) is 6.87. The number of carbonyl (C=O) groups is 1. The lowest BCUT2D eigenvalue weighted by atomic mass is 10.0. The lowest BCUT2D eigenvalue weighted by molar-refractivity contribution is -0.137. The Morgan fingerprint density at radius 3 is 2.30 bits per heavy atom. The Bertz CT molecular complexity index is 430. The minimum atomic E-state index is -3.34. The van der Waals surface area contributed by atoms with Crippen LogP contribution in [0.2, 0.25) is 0 Å². The highest BCUT2D eigenvalue weighted by molar-refractivity contribution is 7.86. The van der Waals surface area contributed by atoms with Gasteiger partial charge in [-0.05, 0) is 31.6 Å². The Hall–Kier alpha value is -0.660. The van der Waals surface area contributed by atoms with E-state index < -0.39 is 16.2 Å². The highest BCUT2D eigenvalue weighted by Gasteiger charge is 2.35. The Morgan fingerprint density at radius 2 is 1.70 bits per heavy atom. The lowest BCUT2D eigenvalue weighted by Gasteiger charge is -2.26. The number of rotatable bonds is 5. The van der Waals surface area contributed by atoms with Crippen LogP contribution in [0.15, 0.2) is 0 Å². The third kappa shape index (κ3) is 3.93. The van der Waals surface area contributed by atoms with Crippen molar-refractivity contribution in [2.24, 2.45) is 5.92 Å². The first-order valence-electron chi connectivity index (χ1n) is 7.47. The van der Waals surface area contributed by atoms with E-state index in [1.807, 2.05) is 0 Å². The van der Waals surface area contributed by atoms with Gasteiger partial charge in [-0.15, -0.1) is 0 Å². The van der Waals surface area contributed by atoms with Crippen LogP contribution < -0.4 is 0 Å². The summed E-state index contributed by atoms with van der Waals surface area (Å²) in [6, 6.07) is 0. The fourth-order valence-corrected chi connectivity index (χ4v) is 4.79. The highest BCUT2D eigenvalue weighted by atomic mass is 32.2. The van der Waals surface area contributed by atoms with E-state index in [4.69, 9.17) is 5.11 Å². The molecule has 0 aromatic carbocycles. The SMILES string of the molecule is O=C(O)CCC1CCN(S(=O)(=O)N2CCCCCC2)C1. The summed E-state index contributed by atoms with van der Waals surface area (Å²) >= 11 is 0. The Morgan fingerprint density at radius 1 is 1.05 bits per heavy atom. The van der Waals surface area contributed by atoms with Crippen molar-refractivity contribution in [3.63, 3.8) is 0 Å². The molecule has 7 heteroatoms. The number of nitrogens with zero attached hydrogens (tertiary/aromatic N) is 2. The standard InChI is InChI=1S/C13H24N2O4S/c16-13(17)6-5-12-7-10-15(11-12)20(18,19)14-8-3-1-2-4-9-14/h12H,1-11H2,(H,16,17). The van der Waals surface area contributed by atoms with E-state index in [0.29, 0.717) is 32.6 Å². The molecule has 0 radical (unpaired) electrons. The molecule has 20 heavy (non-hydrogen) atoms. The van der Waals surface area contributed by atoms with Crippen LogP contribution in [0.1, 0.15) is 44.9 Å². The van der Waals surface area contributed by atoms with Crippen molar-refractivity contribution in [3.05, 3.63) is 0 Å². The number of hydrogen-bond acceptors (Lipinski definition) is 3. The minimum Gasteiger partial charge on any atom is -0.481 e. The van der Waals surface area contributed by atoms with Crippen LogP contribution in [0.25, 0.3) is 0 Å². The molecule has 0 amide bonds. The maximum atomic E-state index is 12.6. The smallest absolute Gasteiger partial charge is 0.303 e. The van der Waals surface area contributed by atoms with Crippen molar-refractivity contribution in [1.29, 1.82) is 0 Å². The summed E-state index contributed by atoms with van der Waals surface area (Å²) in [5.74, 6) is -0.619. The van der Waals surface area contributed by atoms with Crippen molar-refractivity contribution >= 4 is 16.2 Å². The molecule has 2 heterocycles. The van der Waals surface area contributed by atoms with Gasteiger partial charge in [-0.3, -0.25) is 4.79 Å². The Kier molecular flexibility index (Phi) is 5.40. The van der Waals surface area contributed by atoms with Gasteiger partial charge >= 0.3 is 5.97 Å². The van der Waals surface area contributed by atoms with Crippen LogP contribution in [0.4, 0.5) is 0 Å². The van der Waals surface area contributed by atoms with E-state index in [0.717, 1.165) is 32.1 Å². The van der Waals surface area contributed by atoms with Crippen LogP contribution in [0.5, 0.6) is 0 Å². The van der Waals surface area contributed by atoms with E-state index in [-0.39, 0.29) is 12.3 Å². The van der Waals surface area contributed by atoms with Crippen molar-refractivity contribution in [2.75, 3.05) is 26.2 Å². The first-order valence-corrected chi connectivity index (χ1v) is 8.87. The zero-order valence-corrected chi connectivity index (χ0v) is 12.6. The maximum Gasteiger partial charge on any atom is 0.303 e. The monoisotopic (exact) mass is 304 g/mol. The second-order valence-corrected chi connectivity index (χ2v) is 7.69. The summed E-state index contributed by atoms with van der Waals surface area (Å²) in [4.78, 5) is 10.6. The third-order valence-electron chi connectivity index (χ3n) is 4.23. The summed E-state index contributed by atoms with van der Waals surface area (Å²) in [6.07, 6.45) is 5.56. The van der Waals surface area contributed by atoms with E-state index in [1.54, 1.807) is 8.61 Å². The van der Waals surface area contributed by atoms with Gasteiger partial charge in [-0.25, -0.2) is 0 Å². The van der Waals surface area contributed by atoms with Gasteiger partial charge in [0, 0.05) is 32.6 Å². The summed E-state index contributed by atoms with van der Waals surface area (Å²) in [5, 5.41) is 8.69.